The van der Waals surface area contributed by atoms with E-state index in [-0.39, 0.29) is 41.2 Å². The second-order valence-electron chi connectivity index (χ2n) is 12.4. The maximum Gasteiger partial charge on any atom is 0.304 e. The first-order valence-corrected chi connectivity index (χ1v) is 17.0. The van der Waals surface area contributed by atoms with Gasteiger partial charge in [-0.05, 0) is 56.8 Å². The molecule has 0 spiro atoms. The standard InChI is InChI=1S/C22H32ClN3O3.C6H13NO2.C4H10.C3H8O/c1-6-18(27)24-17-12-11-14(13-16(17)23)20(28)25-19(22(2,3)4)21(29)26(5)15-9-7-8-10-15;1-3-7-5(2)4-6(8)9;2*1-3-4-2/h11-13,15,19H,6-10H2,1-5H3,(H,24,27)(H,25,28);5,7H,3-4H2,1-2H3,(H,8,9);3-4H2,1-2H3;3H2,1-2H3/t;5-;;/m.1../s1. The lowest BCUT2D eigenvalue weighted by molar-refractivity contribution is -0.138. The first kappa shape index (κ1) is 45.4. The highest BCUT2D eigenvalue weighted by Gasteiger charge is 2.37. The van der Waals surface area contributed by atoms with Crippen LogP contribution in [0.25, 0.3) is 0 Å². The van der Waals surface area contributed by atoms with Gasteiger partial charge in [-0.25, -0.2) is 0 Å². The molecule has 2 rings (SSSR count). The van der Waals surface area contributed by atoms with Gasteiger partial charge < -0.3 is 30.7 Å². The number of methoxy groups -OCH3 is 1. The summed E-state index contributed by atoms with van der Waals surface area (Å²) in [6.45, 7) is 19.3. The number of likely N-dealkylation sites (N-methyl/N-ethyl adjacent to an activating group) is 1. The van der Waals surface area contributed by atoms with E-state index >= 15 is 0 Å². The quantitative estimate of drug-likeness (QED) is 0.185. The zero-order valence-electron chi connectivity index (χ0n) is 30.3. The first-order valence-electron chi connectivity index (χ1n) is 16.6. The van der Waals surface area contributed by atoms with E-state index in [4.69, 9.17) is 16.7 Å². The summed E-state index contributed by atoms with van der Waals surface area (Å²) < 4.78 is 4.54. The number of anilines is 1. The molecule has 0 aromatic heterocycles. The molecule has 46 heavy (non-hydrogen) atoms. The number of ether oxygens (including phenoxy) is 1. The first-order chi connectivity index (χ1) is 21.5. The lowest BCUT2D eigenvalue weighted by Crippen LogP contribution is -2.55. The second-order valence-corrected chi connectivity index (χ2v) is 12.8. The van der Waals surface area contributed by atoms with E-state index < -0.39 is 17.4 Å². The Bertz CT molecular complexity index is 1020. The van der Waals surface area contributed by atoms with E-state index in [1.165, 1.54) is 18.9 Å². The molecule has 4 N–H and O–H groups in total. The SMILES string of the molecule is CCC(=O)Nc1ccc(C(=O)NC(C(=O)N(C)C2CCCC2)C(C)(C)C)cc1Cl.CCCC.CCN[C@H](C)CC(=O)O.CCOC. The Balaban J connectivity index is 0. The van der Waals surface area contributed by atoms with Crippen LogP contribution in [0.4, 0.5) is 5.69 Å². The average Bonchev–Trinajstić information content (AvgIpc) is 3.55. The molecule has 2 atom stereocenters. The molecule has 11 heteroatoms. The van der Waals surface area contributed by atoms with Crippen molar-refractivity contribution in [2.75, 3.05) is 32.6 Å². The van der Waals surface area contributed by atoms with E-state index in [2.05, 4.69) is 34.5 Å². The second kappa shape index (κ2) is 25.4. The van der Waals surface area contributed by atoms with Crippen molar-refractivity contribution in [1.29, 1.82) is 0 Å². The van der Waals surface area contributed by atoms with Crippen LogP contribution in [0, 0.1) is 5.41 Å². The fourth-order valence-corrected chi connectivity index (χ4v) is 4.44. The van der Waals surface area contributed by atoms with Crippen LogP contribution in [0.1, 0.15) is 124 Å². The number of amides is 3. The minimum Gasteiger partial charge on any atom is -0.481 e. The van der Waals surface area contributed by atoms with Crippen molar-refractivity contribution >= 4 is 41.0 Å². The molecule has 10 nitrogen and oxygen atoms in total. The highest BCUT2D eigenvalue weighted by atomic mass is 35.5. The Labute approximate surface area is 283 Å². The molecular weight excluding hydrogens is 608 g/mol. The number of carboxylic acids is 1. The van der Waals surface area contributed by atoms with E-state index in [1.807, 2.05) is 48.6 Å². The normalized spacial score (nSPS) is 13.7. The van der Waals surface area contributed by atoms with Crippen LogP contribution in [0.15, 0.2) is 18.2 Å². The molecule has 1 aliphatic carbocycles. The van der Waals surface area contributed by atoms with Crippen molar-refractivity contribution in [1.82, 2.24) is 15.5 Å². The predicted octanol–water partition coefficient (Wildman–Crippen LogP) is 7.15. The number of carbonyl (C=O) groups is 4. The number of carboxylic acid groups (broad SMARTS) is 1. The number of aliphatic carboxylic acids is 1. The van der Waals surface area contributed by atoms with Crippen molar-refractivity contribution in [2.45, 2.75) is 132 Å². The number of hydrogen-bond donors (Lipinski definition) is 4. The molecule has 1 aliphatic rings. The van der Waals surface area contributed by atoms with Crippen LogP contribution in [0.5, 0.6) is 0 Å². The fraction of sp³-hybridized carbons (Fsp3) is 0.714. The number of nitrogens with zero attached hydrogens (tertiary/aromatic N) is 1. The van der Waals surface area contributed by atoms with Gasteiger partial charge in [-0.3, -0.25) is 19.2 Å². The number of halogens is 1. The smallest absolute Gasteiger partial charge is 0.304 e. The van der Waals surface area contributed by atoms with Gasteiger partial charge in [-0.1, -0.05) is 85.8 Å². The van der Waals surface area contributed by atoms with Crippen molar-refractivity contribution < 1.29 is 29.0 Å². The molecule has 0 radical (unpaired) electrons. The van der Waals surface area contributed by atoms with Crippen LogP contribution < -0.4 is 16.0 Å². The topological polar surface area (TPSA) is 137 Å². The van der Waals surface area contributed by atoms with Gasteiger partial charge in [0.25, 0.3) is 5.91 Å². The molecule has 1 aromatic carbocycles. The highest BCUT2D eigenvalue weighted by molar-refractivity contribution is 6.34. The highest BCUT2D eigenvalue weighted by Crippen LogP contribution is 2.28. The molecular formula is C35H63ClN4O6. The molecule has 1 aromatic rings. The summed E-state index contributed by atoms with van der Waals surface area (Å²) >= 11 is 6.23. The van der Waals surface area contributed by atoms with Gasteiger partial charge in [0.05, 0.1) is 17.1 Å². The Morgan fingerprint density at radius 1 is 1.04 bits per heavy atom. The van der Waals surface area contributed by atoms with Gasteiger partial charge in [0.2, 0.25) is 11.8 Å². The third-order valence-electron chi connectivity index (χ3n) is 7.26. The molecule has 1 unspecified atom stereocenters. The van der Waals surface area contributed by atoms with Crippen molar-refractivity contribution in [3.8, 4) is 0 Å². The number of unbranched alkanes of at least 4 members (excludes halogenated alkanes) is 1. The summed E-state index contributed by atoms with van der Waals surface area (Å²) in [5.74, 6) is -1.34. The summed E-state index contributed by atoms with van der Waals surface area (Å²) in [6, 6.07) is 4.37. The summed E-state index contributed by atoms with van der Waals surface area (Å²) in [6.07, 6.45) is 7.46. The van der Waals surface area contributed by atoms with Crippen molar-refractivity contribution in [3.05, 3.63) is 28.8 Å². The van der Waals surface area contributed by atoms with Gasteiger partial charge in [0, 0.05) is 44.8 Å². The molecule has 0 bridgehead atoms. The van der Waals surface area contributed by atoms with Crippen LogP contribution >= 0.6 is 11.6 Å². The molecule has 1 saturated carbocycles. The molecule has 0 aliphatic heterocycles. The van der Waals surface area contributed by atoms with E-state index in [1.54, 1.807) is 31.1 Å². The van der Waals surface area contributed by atoms with Crippen LogP contribution in [0.2, 0.25) is 5.02 Å². The molecule has 0 saturated heterocycles. The van der Waals surface area contributed by atoms with Crippen molar-refractivity contribution in [3.63, 3.8) is 0 Å². The van der Waals surface area contributed by atoms with Crippen LogP contribution in [0.3, 0.4) is 0 Å². The molecule has 3 amide bonds. The van der Waals surface area contributed by atoms with Gasteiger partial charge in [-0.2, -0.15) is 0 Å². The number of carbonyl (C=O) groups excluding carboxylic acids is 3. The van der Waals surface area contributed by atoms with Gasteiger partial charge in [0.1, 0.15) is 6.04 Å². The summed E-state index contributed by atoms with van der Waals surface area (Å²) in [5.41, 5.74) is 0.355. The zero-order valence-corrected chi connectivity index (χ0v) is 31.1. The number of nitrogens with one attached hydrogen (secondary N) is 3. The number of rotatable bonds is 12. The van der Waals surface area contributed by atoms with Gasteiger partial charge in [0.15, 0.2) is 0 Å². The maximum absolute atomic E-state index is 13.2. The largest absolute Gasteiger partial charge is 0.481 e. The van der Waals surface area contributed by atoms with E-state index in [0.717, 1.165) is 38.8 Å². The Morgan fingerprint density at radius 2 is 1.59 bits per heavy atom. The summed E-state index contributed by atoms with van der Waals surface area (Å²) in [7, 11) is 3.51. The summed E-state index contributed by atoms with van der Waals surface area (Å²) in [5, 5.41) is 17.1. The zero-order chi connectivity index (χ0) is 35.9. The molecule has 0 heterocycles. The lowest BCUT2D eigenvalue weighted by atomic mass is 9.85. The molecule has 1 fully saturated rings. The van der Waals surface area contributed by atoms with Crippen LogP contribution in [-0.4, -0.2) is 79.1 Å². The third-order valence-corrected chi connectivity index (χ3v) is 7.57. The van der Waals surface area contributed by atoms with E-state index in [0.29, 0.717) is 17.7 Å². The van der Waals surface area contributed by atoms with E-state index in [9.17, 15) is 19.2 Å². The Hall–Kier alpha value is -2.69. The minimum atomic E-state index is -0.747. The third kappa shape index (κ3) is 19.7. The predicted molar refractivity (Wildman–Crippen MR) is 190 cm³/mol. The molecule has 266 valence electrons. The van der Waals surface area contributed by atoms with Gasteiger partial charge >= 0.3 is 5.97 Å². The van der Waals surface area contributed by atoms with Crippen LogP contribution in [-0.2, 0) is 19.1 Å². The maximum atomic E-state index is 13.2. The Kier molecular flexibility index (Phi) is 25.1. The monoisotopic (exact) mass is 670 g/mol. The van der Waals surface area contributed by atoms with Gasteiger partial charge in [-0.15, -0.1) is 0 Å². The van der Waals surface area contributed by atoms with Crippen molar-refractivity contribution in [2.24, 2.45) is 5.41 Å². The Morgan fingerprint density at radius 3 is 1.98 bits per heavy atom. The lowest BCUT2D eigenvalue weighted by Gasteiger charge is -2.35. The average molecular weight is 671 g/mol. The fourth-order valence-electron chi connectivity index (χ4n) is 4.22. The number of benzene rings is 1. The summed E-state index contributed by atoms with van der Waals surface area (Å²) in [4.78, 5) is 49.4. The number of hydrogen-bond acceptors (Lipinski definition) is 6. The minimum absolute atomic E-state index is 0.0734.